The molecule has 1 aromatic carbocycles. The third-order valence-corrected chi connectivity index (χ3v) is 2.22. The summed E-state index contributed by atoms with van der Waals surface area (Å²) in [6, 6.07) is 3.64. The number of hydrogen-bond donors (Lipinski definition) is 1. The maximum Gasteiger partial charge on any atom is 0.434 e. The van der Waals surface area contributed by atoms with Gasteiger partial charge in [-0.15, -0.1) is 0 Å². The largest absolute Gasteiger partial charge is 0.507 e. The molecule has 0 aromatic heterocycles. The Morgan fingerprint density at radius 1 is 1.05 bits per heavy atom. The maximum atomic E-state index is 12.6. The number of carbonyl (C=O) groups excluding carboxylic acids is 1. The van der Waals surface area contributed by atoms with Gasteiger partial charge in [-0.2, -0.15) is 26.3 Å². The van der Waals surface area contributed by atoms with Gasteiger partial charge >= 0.3 is 18.3 Å². The number of hydrogen-bond acceptors (Lipinski definition) is 3. The van der Waals surface area contributed by atoms with Crippen LogP contribution in [0.2, 0.25) is 0 Å². The van der Waals surface area contributed by atoms with E-state index < -0.39 is 36.0 Å². The highest BCUT2D eigenvalue weighted by Crippen LogP contribution is 2.35. The Bertz CT molecular complexity index is 544. The van der Waals surface area contributed by atoms with Gasteiger partial charge in [0.1, 0.15) is 11.6 Å². The topological polar surface area (TPSA) is 46.5 Å². The summed E-state index contributed by atoms with van der Waals surface area (Å²) in [5.74, 6) is -3.73. The number of rotatable bonds is 3. The zero-order valence-corrected chi connectivity index (χ0v) is 10.4. The minimum absolute atomic E-state index is 0.0255. The van der Waals surface area contributed by atoms with Gasteiger partial charge in [-0.05, 0) is 24.3 Å². The molecule has 0 spiro atoms. The highest BCUT2D eigenvalue weighted by Gasteiger charge is 2.59. The second kappa shape index (κ2) is 6.24. The molecule has 0 bridgehead atoms. The molecule has 1 rings (SSSR count). The van der Waals surface area contributed by atoms with E-state index in [0.29, 0.717) is 0 Å². The van der Waals surface area contributed by atoms with Crippen LogP contribution in [0.25, 0.3) is 5.76 Å². The molecule has 0 atom stereocenters. The summed E-state index contributed by atoms with van der Waals surface area (Å²) in [6.07, 6.45) is -16.0. The first-order chi connectivity index (χ1) is 9.91. The molecule has 0 unspecified atom stereocenters. The summed E-state index contributed by atoms with van der Waals surface area (Å²) in [5, 5.41) is 9.38. The van der Waals surface area contributed by atoms with Crippen molar-refractivity contribution in [1.82, 2.24) is 0 Å². The molecular weight excluding hydrogens is 325 g/mol. The van der Waals surface area contributed by atoms with Crippen LogP contribution in [0.15, 0.2) is 30.3 Å². The van der Waals surface area contributed by atoms with Gasteiger partial charge < -0.3 is 9.84 Å². The van der Waals surface area contributed by atoms with E-state index in [1.165, 1.54) is 0 Å². The van der Waals surface area contributed by atoms with E-state index in [2.05, 4.69) is 4.74 Å². The first-order valence-corrected chi connectivity index (χ1v) is 5.42. The normalized spacial score (nSPS) is 13.4. The van der Waals surface area contributed by atoms with Crippen molar-refractivity contribution in [3.63, 3.8) is 0 Å². The van der Waals surface area contributed by atoms with Crippen LogP contribution in [-0.4, -0.2) is 29.5 Å². The number of carbonyl (C=O) groups is 1. The monoisotopic (exact) mass is 332 g/mol. The van der Waals surface area contributed by atoms with Gasteiger partial charge in [0.05, 0.1) is 6.08 Å². The second-order valence-electron chi connectivity index (χ2n) is 3.94. The van der Waals surface area contributed by atoms with E-state index in [4.69, 9.17) is 0 Å². The minimum atomic E-state index is -5.85. The predicted octanol–water partition coefficient (Wildman–Crippen LogP) is 3.76. The molecule has 122 valence electrons. The van der Waals surface area contributed by atoms with Gasteiger partial charge in [0.2, 0.25) is 0 Å². The Morgan fingerprint density at radius 3 is 1.91 bits per heavy atom. The van der Waals surface area contributed by atoms with Crippen molar-refractivity contribution in [2.75, 3.05) is 0 Å². The van der Waals surface area contributed by atoms with Crippen LogP contribution < -0.4 is 0 Å². The van der Waals surface area contributed by atoms with Gasteiger partial charge in [0.25, 0.3) is 6.10 Å². The van der Waals surface area contributed by atoms with E-state index in [-0.39, 0.29) is 11.6 Å². The molecule has 0 amide bonds. The molecule has 0 aliphatic carbocycles. The summed E-state index contributed by atoms with van der Waals surface area (Å²) in [4.78, 5) is 11.1. The summed E-state index contributed by atoms with van der Waals surface area (Å²) < 4.78 is 88.9. The minimum Gasteiger partial charge on any atom is -0.507 e. The molecule has 3 nitrogen and oxygen atoms in total. The SMILES string of the molecule is O=C(C=C(O)c1ccc(F)cc1)OC(C(F)(F)F)C(F)(F)F. The van der Waals surface area contributed by atoms with E-state index in [1.807, 2.05) is 0 Å². The molecule has 1 N–H and O–H groups in total. The lowest BCUT2D eigenvalue weighted by atomic mass is 10.2. The molecule has 22 heavy (non-hydrogen) atoms. The molecule has 1 aromatic rings. The fourth-order valence-electron chi connectivity index (χ4n) is 1.28. The van der Waals surface area contributed by atoms with Crippen LogP contribution in [-0.2, 0) is 9.53 Å². The van der Waals surface area contributed by atoms with E-state index in [0.717, 1.165) is 24.3 Å². The van der Waals surface area contributed by atoms with Gasteiger partial charge in [-0.1, -0.05) is 0 Å². The van der Waals surface area contributed by atoms with Crippen molar-refractivity contribution in [2.45, 2.75) is 18.5 Å². The lowest BCUT2D eigenvalue weighted by molar-refractivity contribution is -0.312. The Morgan fingerprint density at radius 2 is 1.50 bits per heavy atom. The molecule has 0 heterocycles. The summed E-state index contributed by atoms with van der Waals surface area (Å²) in [7, 11) is 0. The Labute approximate surface area is 118 Å². The predicted molar refractivity (Wildman–Crippen MR) is 59.0 cm³/mol. The number of benzene rings is 1. The van der Waals surface area contributed by atoms with E-state index >= 15 is 0 Å². The van der Waals surface area contributed by atoms with E-state index in [1.54, 1.807) is 0 Å². The number of alkyl halides is 6. The second-order valence-corrected chi connectivity index (χ2v) is 3.94. The standard InChI is InChI=1S/C12H7F7O3/c13-7-3-1-6(2-4-7)8(20)5-9(21)22-10(11(14,15)16)12(17,18)19/h1-5,10,20H. The van der Waals surface area contributed by atoms with Crippen molar-refractivity contribution in [3.8, 4) is 0 Å². The molecule has 0 saturated heterocycles. The molecular formula is C12H7F7O3. The van der Waals surface area contributed by atoms with Crippen molar-refractivity contribution in [3.05, 3.63) is 41.7 Å². The zero-order valence-electron chi connectivity index (χ0n) is 10.4. The lowest BCUT2D eigenvalue weighted by Crippen LogP contribution is -2.45. The molecule has 0 saturated carbocycles. The Kier molecular flexibility index (Phi) is 5.05. The molecule has 10 heteroatoms. The molecule has 0 aliphatic heterocycles. The Balaban J connectivity index is 2.91. The molecule has 0 radical (unpaired) electrons. The van der Waals surface area contributed by atoms with Crippen molar-refractivity contribution in [2.24, 2.45) is 0 Å². The average molecular weight is 332 g/mol. The first-order valence-electron chi connectivity index (χ1n) is 5.42. The summed E-state index contributed by atoms with van der Waals surface area (Å²) in [5.41, 5.74) is -0.200. The van der Waals surface area contributed by atoms with Gasteiger partial charge in [-0.25, -0.2) is 9.18 Å². The van der Waals surface area contributed by atoms with Crippen LogP contribution in [0.4, 0.5) is 30.7 Å². The fourth-order valence-corrected chi connectivity index (χ4v) is 1.28. The number of ether oxygens (including phenoxy) is 1. The highest BCUT2D eigenvalue weighted by molar-refractivity contribution is 5.89. The van der Waals surface area contributed by atoms with Crippen LogP contribution in [0.1, 0.15) is 5.56 Å². The number of esters is 1. The number of halogens is 7. The summed E-state index contributed by atoms with van der Waals surface area (Å²) in [6.45, 7) is 0. The van der Waals surface area contributed by atoms with Crippen LogP contribution in [0.5, 0.6) is 0 Å². The summed E-state index contributed by atoms with van der Waals surface area (Å²) >= 11 is 0. The lowest BCUT2D eigenvalue weighted by Gasteiger charge is -2.22. The smallest absolute Gasteiger partial charge is 0.434 e. The van der Waals surface area contributed by atoms with Gasteiger partial charge in [-0.3, -0.25) is 0 Å². The number of aliphatic hydroxyl groups excluding tert-OH is 1. The fraction of sp³-hybridized carbons (Fsp3) is 0.250. The molecule has 0 fully saturated rings. The van der Waals surface area contributed by atoms with Crippen LogP contribution in [0, 0.1) is 5.82 Å². The Hall–Kier alpha value is -2.26. The van der Waals surface area contributed by atoms with Gasteiger partial charge in [0.15, 0.2) is 0 Å². The zero-order chi connectivity index (χ0) is 17.1. The van der Waals surface area contributed by atoms with Crippen LogP contribution in [0.3, 0.4) is 0 Å². The quantitative estimate of drug-likeness (QED) is 0.397. The third kappa shape index (κ3) is 4.93. The van der Waals surface area contributed by atoms with Crippen molar-refractivity contribution < 1.29 is 45.4 Å². The van der Waals surface area contributed by atoms with Crippen LogP contribution >= 0.6 is 0 Å². The first kappa shape index (κ1) is 17.8. The maximum absolute atomic E-state index is 12.6. The van der Waals surface area contributed by atoms with Gasteiger partial charge in [0, 0.05) is 5.56 Å². The number of aliphatic hydroxyl groups is 1. The average Bonchev–Trinajstić information content (AvgIpc) is 2.34. The van der Waals surface area contributed by atoms with E-state index in [9.17, 15) is 40.6 Å². The third-order valence-electron chi connectivity index (χ3n) is 2.22. The van der Waals surface area contributed by atoms with Crippen molar-refractivity contribution >= 4 is 11.7 Å². The molecule has 0 aliphatic rings. The highest BCUT2D eigenvalue weighted by atomic mass is 19.4. The van der Waals surface area contributed by atoms with Crippen molar-refractivity contribution in [1.29, 1.82) is 0 Å².